The van der Waals surface area contributed by atoms with E-state index in [9.17, 15) is 23.3 Å². The van der Waals surface area contributed by atoms with Gasteiger partial charge in [-0.3, -0.25) is 19.6 Å². The number of nitrogens with one attached hydrogen (secondary N) is 1. The SMILES string of the molecule is COc1ccc(S(=O)(=O)Nc2cc([N+](=O)[O-])ccc2C)cc1C(=O)N1CCCCC1. The van der Waals surface area contributed by atoms with Crippen LogP contribution < -0.4 is 9.46 Å². The molecule has 0 saturated carbocycles. The van der Waals surface area contributed by atoms with Gasteiger partial charge in [-0.15, -0.1) is 0 Å². The molecule has 0 aromatic heterocycles. The van der Waals surface area contributed by atoms with Crippen molar-refractivity contribution in [2.45, 2.75) is 31.1 Å². The van der Waals surface area contributed by atoms with Crippen LogP contribution in [0.25, 0.3) is 0 Å². The molecule has 0 unspecified atom stereocenters. The summed E-state index contributed by atoms with van der Waals surface area (Å²) >= 11 is 0. The monoisotopic (exact) mass is 433 g/mol. The number of sulfonamides is 1. The first kappa shape index (κ1) is 21.6. The molecule has 0 spiro atoms. The van der Waals surface area contributed by atoms with Gasteiger partial charge in [0.15, 0.2) is 0 Å². The average Bonchev–Trinajstić information content (AvgIpc) is 2.74. The van der Waals surface area contributed by atoms with Gasteiger partial charge in [-0.05, 0) is 49.9 Å². The number of nitro benzene ring substituents is 1. The Morgan fingerprint density at radius 1 is 1.13 bits per heavy atom. The van der Waals surface area contributed by atoms with Gasteiger partial charge in [-0.2, -0.15) is 0 Å². The zero-order valence-corrected chi connectivity index (χ0v) is 17.6. The molecule has 10 heteroatoms. The summed E-state index contributed by atoms with van der Waals surface area (Å²) in [7, 11) is -2.67. The van der Waals surface area contributed by atoms with E-state index in [1.54, 1.807) is 11.8 Å². The fourth-order valence-corrected chi connectivity index (χ4v) is 4.47. The fourth-order valence-electron chi connectivity index (χ4n) is 3.33. The van der Waals surface area contributed by atoms with Gasteiger partial charge in [0.1, 0.15) is 5.75 Å². The maximum absolute atomic E-state index is 12.9. The maximum Gasteiger partial charge on any atom is 0.271 e. The number of piperidine rings is 1. The summed E-state index contributed by atoms with van der Waals surface area (Å²) in [6.45, 7) is 2.87. The summed E-state index contributed by atoms with van der Waals surface area (Å²) in [4.78, 5) is 24.9. The molecule has 0 radical (unpaired) electrons. The molecule has 1 saturated heterocycles. The van der Waals surface area contributed by atoms with E-state index in [1.807, 2.05) is 0 Å². The van der Waals surface area contributed by atoms with E-state index >= 15 is 0 Å². The summed E-state index contributed by atoms with van der Waals surface area (Å²) in [6, 6.07) is 7.99. The largest absolute Gasteiger partial charge is 0.496 e. The Hall–Kier alpha value is -3.14. The number of hydrogen-bond acceptors (Lipinski definition) is 6. The number of likely N-dealkylation sites (tertiary alicyclic amines) is 1. The zero-order chi connectivity index (χ0) is 21.9. The van der Waals surface area contributed by atoms with Gasteiger partial charge in [0.05, 0.1) is 28.2 Å². The first-order valence-corrected chi connectivity index (χ1v) is 11.0. The molecule has 0 atom stereocenters. The lowest BCUT2D eigenvalue weighted by atomic mass is 10.1. The van der Waals surface area contributed by atoms with Crippen molar-refractivity contribution in [2.24, 2.45) is 0 Å². The van der Waals surface area contributed by atoms with Gasteiger partial charge >= 0.3 is 0 Å². The van der Waals surface area contributed by atoms with E-state index < -0.39 is 14.9 Å². The third-order valence-corrected chi connectivity index (χ3v) is 6.39. The van der Waals surface area contributed by atoms with E-state index in [0.29, 0.717) is 18.7 Å². The average molecular weight is 433 g/mol. The van der Waals surface area contributed by atoms with Crippen LogP contribution in [0.3, 0.4) is 0 Å². The van der Waals surface area contributed by atoms with E-state index in [1.165, 1.54) is 37.4 Å². The molecule has 2 aromatic carbocycles. The van der Waals surface area contributed by atoms with Gasteiger partial charge in [-0.25, -0.2) is 8.42 Å². The summed E-state index contributed by atoms with van der Waals surface area (Å²) in [5.41, 5.74) is 0.568. The Balaban J connectivity index is 1.95. The molecule has 3 rings (SSSR count). The van der Waals surface area contributed by atoms with E-state index in [2.05, 4.69) is 4.72 Å². The van der Waals surface area contributed by atoms with Gasteiger partial charge in [0.25, 0.3) is 21.6 Å². The molecule has 1 aliphatic heterocycles. The molecular formula is C20H23N3O6S. The lowest BCUT2D eigenvalue weighted by Gasteiger charge is -2.27. The second kappa shape index (κ2) is 8.70. The number of anilines is 1. The zero-order valence-electron chi connectivity index (χ0n) is 16.8. The van der Waals surface area contributed by atoms with Crippen LogP contribution in [0, 0.1) is 17.0 Å². The normalized spacial score (nSPS) is 14.3. The van der Waals surface area contributed by atoms with Gasteiger partial charge in [0.2, 0.25) is 0 Å². The molecule has 160 valence electrons. The smallest absolute Gasteiger partial charge is 0.271 e. The number of nitrogens with zero attached hydrogens (tertiary/aromatic N) is 2. The predicted octanol–water partition coefficient (Wildman–Crippen LogP) is 3.34. The Labute approximate surface area is 174 Å². The van der Waals surface area contributed by atoms with Crippen LogP contribution >= 0.6 is 0 Å². The lowest BCUT2D eigenvalue weighted by Crippen LogP contribution is -2.35. The minimum Gasteiger partial charge on any atom is -0.496 e. The van der Waals surface area contributed by atoms with Crippen LogP contribution in [0.5, 0.6) is 5.75 Å². The number of rotatable bonds is 6. The van der Waals surface area contributed by atoms with Crippen molar-refractivity contribution in [3.8, 4) is 5.75 Å². The quantitative estimate of drug-likeness (QED) is 0.551. The molecule has 2 aromatic rings. The van der Waals surface area contributed by atoms with Gasteiger partial charge in [-0.1, -0.05) is 6.07 Å². The van der Waals surface area contributed by atoms with Crippen LogP contribution in [0.1, 0.15) is 35.2 Å². The molecule has 1 amide bonds. The number of carbonyl (C=O) groups excluding carboxylic acids is 1. The first-order chi connectivity index (χ1) is 14.2. The molecule has 9 nitrogen and oxygen atoms in total. The summed E-state index contributed by atoms with van der Waals surface area (Å²) in [6.07, 6.45) is 2.86. The molecule has 0 aliphatic carbocycles. The number of benzene rings is 2. The number of methoxy groups -OCH3 is 1. The Kier molecular flexibility index (Phi) is 6.25. The van der Waals surface area contributed by atoms with E-state index in [-0.39, 0.29) is 33.5 Å². The second-order valence-corrected chi connectivity index (χ2v) is 8.76. The highest BCUT2D eigenvalue weighted by atomic mass is 32.2. The Morgan fingerprint density at radius 3 is 2.47 bits per heavy atom. The minimum absolute atomic E-state index is 0.101. The van der Waals surface area contributed by atoms with Crippen molar-refractivity contribution >= 4 is 27.3 Å². The summed E-state index contributed by atoms with van der Waals surface area (Å²) in [5, 5.41) is 11.0. The highest BCUT2D eigenvalue weighted by molar-refractivity contribution is 7.92. The lowest BCUT2D eigenvalue weighted by molar-refractivity contribution is -0.384. The standard InChI is InChI=1S/C20H23N3O6S/c1-14-6-7-15(23(25)26)12-18(14)21-30(27,28)16-8-9-19(29-2)17(13-16)20(24)22-10-4-3-5-11-22/h6-9,12-13,21H,3-5,10-11H2,1-2H3. The highest BCUT2D eigenvalue weighted by Gasteiger charge is 2.25. The number of nitro groups is 1. The van der Waals surface area contributed by atoms with E-state index in [4.69, 9.17) is 4.74 Å². The van der Waals surface area contributed by atoms with Crippen molar-refractivity contribution in [1.82, 2.24) is 4.90 Å². The van der Waals surface area contributed by atoms with Crippen LogP contribution in [-0.4, -0.2) is 44.3 Å². The van der Waals surface area contributed by atoms with Gasteiger partial charge < -0.3 is 9.64 Å². The van der Waals surface area contributed by atoms with Crippen LogP contribution in [-0.2, 0) is 10.0 Å². The van der Waals surface area contributed by atoms with E-state index in [0.717, 1.165) is 25.3 Å². The van der Waals surface area contributed by atoms with Crippen LogP contribution in [0.15, 0.2) is 41.3 Å². The number of aryl methyl sites for hydroxylation is 1. The van der Waals surface area contributed by atoms with Crippen LogP contribution in [0.4, 0.5) is 11.4 Å². The molecular weight excluding hydrogens is 410 g/mol. The predicted molar refractivity (Wildman–Crippen MR) is 111 cm³/mol. The number of amides is 1. The summed E-state index contributed by atoms with van der Waals surface area (Å²) in [5.74, 6) is 0.00572. The fraction of sp³-hybridized carbons (Fsp3) is 0.350. The highest BCUT2D eigenvalue weighted by Crippen LogP contribution is 2.28. The number of non-ortho nitro benzene ring substituents is 1. The number of carbonyl (C=O) groups is 1. The Morgan fingerprint density at radius 2 is 1.83 bits per heavy atom. The minimum atomic E-state index is -4.09. The third-order valence-electron chi connectivity index (χ3n) is 5.03. The summed E-state index contributed by atoms with van der Waals surface area (Å²) < 4.78 is 33.5. The maximum atomic E-state index is 12.9. The van der Waals surface area contributed by atoms with Crippen molar-refractivity contribution in [2.75, 3.05) is 24.9 Å². The molecule has 1 fully saturated rings. The molecule has 30 heavy (non-hydrogen) atoms. The molecule has 1 N–H and O–H groups in total. The number of ether oxygens (including phenoxy) is 1. The van der Waals surface area contributed by atoms with Crippen LogP contribution in [0.2, 0.25) is 0 Å². The van der Waals surface area contributed by atoms with Crippen molar-refractivity contribution in [1.29, 1.82) is 0 Å². The van der Waals surface area contributed by atoms with Crippen molar-refractivity contribution in [3.63, 3.8) is 0 Å². The molecule has 1 aliphatic rings. The topological polar surface area (TPSA) is 119 Å². The number of hydrogen-bond donors (Lipinski definition) is 1. The Bertz CT molecular complexity index is 1080. The van der Waals surface area contributed by atoms with Crippen molar-refractivity contribution < 1.29 is 22.9 Å². The molecule has 1 heterocycles. The van der Waals surface area contributed by atoms with Gasteiger partial charge in [0, 0.05) is 25.2 Å². The third kappa shape index (κ3) is 4.54. The first-order valence-electron chi connectivity index (χ1n) is 9.48. The van der Waals surface area contributed by atoms with Crippen molar-refractivity contribution in [3.05, 3.63) is 57.6 Å². The molecule has 0 bridgehead atoms. The second-order valence-electron chi connectivity index (χ2n) is 7.08.